The molecule has 0 aliphatic rings. The second-order valence-corrected chi connectivity index (χ2v) is 4.94. The Morgan fingerprint density at radius 3 is 2.55 bits per heavy atom. The highest BCUT2D eigenvalue weighted by molar-refractivity contribution is 5.92. The van der Waals surface area contributed by atoms with Gasteiger partial charge in [-0.25, -0.2) is 0 Å². The summed E-state index contributed by atoms with van der Waals surface area (Å²) in [6.45, 7) is 8.98. The highest BCUT2D eigenvalue weighted by Crippen LogP contribution is 2.12. The molecule has 108 valence electrons. The molecule has 2 rings (SSSR count). The molecule has 2 heterocycles. The van der Waals surface area contributed by atoms with Crippen LogP contribution in [0.2, 0.25) is 0 Å². The summed E-state index contributed by atoms with van der Waals surface area (Å²) in [4.78, 5) is 12.2. The van der Waals surface area contributed by atoms with Crippen LogP contribution in [-0.2, 0) is 20.1 Å². The van der Waals surface area contributed by atoms with Gasteiger partial charge in [-0.15, -0.1) is 0 Å². The first-order chi connectivity index (χ1) is 9.43. The molecular formula is C14H21N5O. The number of nitrogens with one attached hydrogen (secondary N) is 1. The number of hydrogen-bond acceptors (Lipinski definition) is 3. The van der Waals surface area contributed by atoms with Crippen molar-refractivity contribution >= 4 is 5.91 Å². The number of aryl methyl sites for hydroxylation is 4. The minimum Gasteiger partial charge on any atom is -0.346 e. The van der Waals surface area contributed by atoms with Crippen molar-refractivity contribution in [1.82, 2.24) is 24.9 Å². The molecule has 2 aromatic heterocycles. The van der Waals surface area contributed by atoms with Gasteiger partial charge in [0.2, 0.25) is 0 Å². The van der Waals surface area contributed by atoms with Crippen LogP contribution >= 0.6 is 0 Å². The van der Waals surface area contributed by atoms with Crippen LogP contribution < -0.4 is 5.32 Å². The summed E-state index contributed by atoms with van der Waals surface area (Å²) in [6, 6.07) is 1.81. The fourth-order valence-corrected chi connectivity index (χ4v) is 2.30. The number of aromatic nitrogens is 4. The molecule has 0 aliphatic heterocycles. The average Bonchev–Trinajstić information content (AvgIpc) is 2.89. The van der Waals surface area contributed by atoms with Crippen LogP contribution in [0.1, 0.15) is 40.1 Å². The van der Waals surface area contributed by atoms with Gasteiger partial charge in [0.05, 0.1) is 11.4 Å². The van der Waals surface area contributed by atoms with E-state index in [0.717, 1.165) is 22.6 Å². The SMILES string of the molecule is CCn1nc(C)cc1C(=O)NCc1c(C)nn(C)c1C. The third-order valence-electron chi connectivity index (χ3n) is 3.52. The molecule has 1 amide bonds. The second kappa shape index (κ2) is 5.48. The van der Waals surface area contributed by atoms with Gasteiger partial charge in [0, 0.05) is 31.4 Å². The van der Waals surface area contributed by atoms with Gasteiger partial charge >= 0.3 is 0 Å². The van der Waals surface area contributed by atoms with Crippen LogP contribution in [0.25, 0.3) is 0 Å². The van der Waals surface area contributed by atoms with Crippen LogP contribution in [0.4, 0.5) is 0 Å². The van der Waals surface area contributed by atoms with E-state index in [-0.39, 0.29) is 5.91 Å². The highest BCUT2D eigenvalue weighted by Gasteiger charge is 2.15. The van der Waals surface area contributed by atoms with Gasteiger partial charge in [-0.1, -0.05) is 0 Å². The van der Waals surface area contributed by atoms with Crippen LogP contribution in [0.15, 0.2) is 6.07 Å². The van der Waals surface area contributed by atoms with Crippen LogP contribution in [0, 0.1) is 20.8 Å². The standard InChI is InChI=1S/C14H21N5O/c1-6-19-13(7-9(2)16-19)14(20)15-8-12-10(3)17-18(5)11(12)4/h7H,6,8H2,1-5H3,(H,15,20). The summed E-state index contributed by atoms with van der Waals surface area (Å²) < 4.78 is 3.55. The minimum absolute atomic E-state index is 0.102. The Balaban J connectivity index is 2.12. The Bertz CT molecular complexity index is 638. The molecule has 6 nitrogen and oxygen atoms in total. The molecule has 20 heavy (non-hydrogen) atoms. The fraction of sp³-hybridized carbons (Fsp3) is 0.500. The molecule has 0 saturated heterocycles. The van der Waals surface area contributed by atoms with Gasteiger partial charge in [0.25, 0.3) is 5.91 Å². The first-order valence-electron chi connectivity index (χ1n) is 6.75. The number of carbonyl (C=O) groups is 1. The van der Waals surface area contributed by atoms with Crippen molar-refractivity contribution < 1.29 is 4.79 Å². The Kier molecular flexibility index (Phi) is 3.92. The quantitative estimate of drug-likeness (QED) is 0.919. The molecule has 2 aromatic rings. The lowest BCUT2D eigenvalue weighted by atomic mass is 10.2. The van der Waals surface area contributed by atoms with Crippen molar-refractivity contribution in [2.45, 2.75) is 40.8 Å². The van der Waals surface area contributed by atoms with Crippen LogP contribution in [0.5, 0.6) is 0 Å². The van der Waals surface area contributed by atoms with E-state index in [2.05, 4.69) is 15.5 Å². The van der Waals surface area contributed by atoms with Crippen molar-refractivity contribution in [2.24, 2.45) is 7.05 Å². The van der Waals surface area contributed by atoms with Crippen LogP contribution in [-0.4, -0.2) is 25.5 Å². The van der Waals surface area contributed by atoms with Gasteiger partial charge < -0.3 is 5.32 Å². The maximum Gasteiger partial charge on any atom is 0.269 e. The van der Waals surface area contributed by atoms with E-state index >= 15 is 0 Å². The first kappa shape index (κ1) is 14.3. The lowest BCUT2D eigenvalue weighted by Crippen LogP contribution is -2.26. The van der Waals surface area contributed by atoms with Gasteiger partial charge in [-0.3, -0.25) is 14.2 Å². The van der Waals surface area contributed by atoms with E-state index in [9.17, 15) is 4.79 Å². The normalized spacial score (nSPS) is 10.8. The molecule has 0 unspecified atom stereocenters. The summed E-state index contributed by atoms with van der Waals surface area (Å²) in [7, 11) is 1.91. The summed E-state index contributed by atoms with van der Waals surface area (Å²) in [5.74, 6) is -0.102. The first-order valence-corrected chi connectivity index (χ1v) is 6.75. The van der Waals surface area contributed by atoms with Crippen molar-refractivity contribution in [1.29, 1.82) is 0 Å². The molecule has 0 saturated carbocycles. The predicted molar refractivity (Wildman–Crippen MR) is 76.5 cm³/mol. The van der Waals surface area contributed by atoms with Crippen molar-refractivity contribution in [2.75, 3.05) is 0 Å². The van der Waals surface area contributed by atoms with E-state index in [4.69, 9.17) is 0 Å². The van der Waals surface area contributed by atoms with Gasteiger partial charge in [0.1, 0.15) is 5.69 Å². The maximum atomic E-state index is 12.2. The fourth-order valence-electron chi connectivity index (χ4n) is 2.30. The Morgan fingerprint density at radius 2 is 2.00 bits per heavy atom. The molecule has 0 atom stereocenters. The number of amides is 1. The zero-order valence-corrected chi connectivity index (χ0v) is 12.7. The summed E-state index contributed by atoms with van der Waals surface area (Å²) in [5.41, 5.74) is 4.54. The molecule has 0 aliphatic carbocycles. The van der Waals surface area contributed by atoms with Gasteiger partial charge in [-0.05, 0) is 33.8 Å². The maximum absolute atomic E-state index is 12.2. The van der Waals surface area contributed by atoms with Crippen molar-refractivity contribution in [3.63, 3.8) is 0 Å². The van der Waals surface area contributed by atoms with Gasteiger partial charge in [-0.2, -0.15) is 10.2 Å². The number of rotatable bonds is 4. The average molecular weight is 275 g/mol. The molecule has 6 heteroatoms. The molecule has 1 N–H and O–H groups in total. The second-order valence-electron chi connectivity index (χ2n) is 4.94. The Labute approximate surface area is 118 Å². The zero-order valence-electron chi connectivity index (χ0n) is 12.7. The number of hydrogen-bond donors (Lipinski definition) is 1. The molecule has 0 radical (unpaired) electrons. The Morgan fingerprint density at radius 1 is 1.30 bits per heavy atom. The van der Waals surface area contributed by atoms with E-state index in [1.807, 2.05) is 45.5 Å². The number of nitrogens with zero attached hydrogens (tertiary/aromatic N) is 4. The minimum atomic E-state index is -0.102. The number of carbonyl (C=O) groups excluding carboxylic acids is 1. The summed E-state index contributed by atoms with van der Waals surface area (Å²) in [5, 5.41) is 11.6. The lowest BCUT2D eigenvalue weighted by Gasteiger charge is -2.07. The smallest absolute Gasteiger partial charge is 0.269 e. The van der Waals surface area contributed by atoms with E-state index in [1.165, 1.54) is 0 Å². The van der Waals surface area contributed by atoms with E-state index in [1.54, 1.807) is 4.68 Å². The Hall–Kier alpha value is -2.11. The highest BCUT2D eigenvalue weighted by atomic mass is 16.2. The van der Waals surface area contributed by atoms with Crippen molar-refractivity contribution in [3.8, 4) is 0 Å². The monoisotopic (exact) mass is 275 g/mol. The topological polar surface area (TPSA) is 64.7 Å². The third-order valence-corrected chi connectivity index (χ3v) is 3.52. The van der Waals surface area contributed by atoms with E-state index in [0.29, 0.717) is 18.8 Å². The predicted octanol–water partition coefficient (Wildman–Crippen LogP) is 1.49. The van der Waals surface area contributed by atoms with Crippen molar-refractivity contribution in [3.05, 3.63) is 34.4 Å². The lowest BCUT2D eigenvalue weighted by molar-refractivity contribution is 0.0940. The molecular weight excluding hydrogens is 254 g/mol. The third kappa shape index (κ3) is 2.59. The summed E-state index contributed by atoms with van der Waals surface area (Å²) >= 11 is 0. The van der Waals surface area contributed by atoms with E-state index < -0.39 is 0 Å². The van der Waals surface area contributed by atoms with Gasteiger partial charge in [0.15, 0.2) is 0 Å². The summed E-state index contributed by atoms with van der Waals surface area (Å²) in [6.07, 6.45) is 0. The molecule has 0 fully saturated rings. The molecule has 0 aromatic carbocycles. The molecule has 0 bridgehead atoms. The zero-order chi connectivity index (χ0) is 14.9. The largest absolute Gasteiger partial charge is 0.346 e. The van der Waals surface area contributed by atoms with Crippen LogP contribution in [0.3, 0.4) is 0 Å². The molecule has 0 spiro atoms.